The molecule has 27 heavy (non-hydrogen) atoms. The van der Waals surface area contributed by atoms with Gasteiger partial charge in [0.2, 0.25) is 10.0 Å². The number of hydrogen-bond donors (Lipinski definition) is 1. The maximum absolute atomic E-state index is 12.7. The molecular formula is C16H13F6NO3S. The fourth-order valence-corrected chi connectivity index (χ4v) is 3.35. The normalized spacial score (nSPS) is 12.8. The van der Waals surface area contributed by atoms with Crippen molar-refractivity contribution in [1.29, 1.82) is 0 Å². The molecule has 0 aliphatic heterocycles. The molecule has 0 radical (unpaired) electrons. The van der Waals surface area contributed by atoms with Gasteiger partial charge in [0.25, 0.3) is 0 Å². The molecule has 0 saturated heterocycles. The van der Waals surface area contributed by atoms with Crippen LogP contribution in [-0.2, 0) is 22.6 Å². The first-order valence-corrected chi connectivity index (χ1v) is 8.87. The smallest absolute Gasteiger partial charge is 0.404 e. The molecule has 0 unspecified atom stereocenters. The molecule has 0 heterocycles. The molecule has 0 bridgehead atoms. The van der Waals surface area contributed by atoms with E-state index in [2.05, 4.69) is 9.46 Å². The average Bonchev–Trinajstić information content (AvgIpc) is 2.53. The van der Waals surface area contributed by atoms with Crippen LogP contribution >= 0.6 is 0 Å². The van der Waals surface area contributed by atoms with E-state index < -0.39 is 38.8 Å². The predicted octanol–water partition coefficient (Wildman–Crippen LogP) is 4.13. The van der Waals surface area contributed by atoms with Gasteiger partial charge in [0.1, 0.15) is 10.6 Å². The Hall–Kier alpha value is -2.27. The van der Waals surface area contributed by atoms with Gasteiger partial charge < -0.3 is 4.74 Å². The lowest BCUT2D eigenvalue weighted by atomic mass is 10.1. The molecule has 2 aromatic carbocycles. The third kappa shape index (κ3) is 6.14. The van der Waals surface area contributed by atoms with Crippen LogP contribution in [0.1, 0.15) is 11.1 Å². The molecule has 1 N–H and O–H groups in total. The van der Waals surface area contributed by atoms with Gasteiger partial charge in [0.05, 0.1) is 5.56 Å². The van der Waals surface area contributed by atoms with Gasteiger partial charge in [-0.15, -0.1) is 13.2 Å². The zero-order chi connectivity index (χ0) is 20.3. The molecule has 148 valence electrons. The third-order valence-corrected chi connectivity index (χ3v) is 4.82. The molecule has 0 spiro atoms. The van der Waals surface area contributed by atoms with Gasteiger partial charge in [0, 0.05) is 6.54 Å². The summed E-state index contributed by atoms with van der Waals surface area (Å²) in [6.07, 6.45) is -9.71. The van der Waals surface area contributed by atoms with E-state index in [0.717, 1.165) is 24.3 Å². The Labute approximate surface area is 150 Å². The molecular weight excluding hydrogens is 400 g/mol. The predicted molar refractivity (Wildman–Crippen MR) is 83.5 cm³/mol. The van der Waals surface area contributed by atoms with Crippen LogP contribution in [0.5, 0.6) is 5.75 Å². The Kier molecular flexibility index (Phi) is 6.05. The number of benzene rings is 2. The number of para-hydroxylation sites is 1. The van der Waals surface area contributed by atoms with Gasteiger partial charge in [0.15, 0.2) is 0 Å². The zero-order valence-electron chi connectivity index (χ0n) is 13.4. The number of sulfonamides is 1. The zero-order valence-corrected chi connectivity index (χ0v) is 14.3. The van der Waals surface area contributed by atoms with E-state index in [4.69, 9.17) is 0 Å². The van der Waals surface area contributed by atoms with Gasteiger partial charge in [-0.05, 0) is 30.2 Å². The molecule has 0 aromatic heterocycles. The highest BCUT2D eigenvalue weighted by Gasteiger charge is 2.34. The number of hydrogen-bond acceptors (Lipinski definition) is 3. The van der Waals surface area contributed by atoms with Crippen LogP contribution in [0.2, 0.25) is 0 Å². The van der Waals surface area contributed by atoms with Crippen molar-refractivity contribution in [2.24, 2.45) is 0 Å². The van der Waals surface area contributed by atoms with Gasteiger partial charge >= 0.3 is 12.5 Å². The summed E-state index contributed by atoms with van der Waals surface area (Å²) in [5, 5.41) is 0. The molecule has 2 aromatic rings. The van der Waals surface area contributed by atoms with E-state index in [9.17, 15) is 34.8 Å². The Balaban J connectivity index is 2.10. The van der Waals surface area contributed by atoms with E-state index in [-0.39, 0.29) is 18.5 Å². The Morgan fingerprint density at radius 3 is 2.22 bits per heavy atom. The fourth-order valence-electron chi connectivity index (χ4n) is 2.19. The molecule has 2 rings (SSSR count). The van der Waals surface area contributed by atoms with Gasteiger partial charge in [-0.25, -0.2) is 13.1 Å². The highest BCUT2D eigenvalue weighted by molar-refractivity contribution is 7.89. The van der Waals surface area contributed by atoms with Crippen LogP contribution in [0.4, 0.5) is 26.3 Å². The fraction of sp³-hybridized carbons (Fsp3) is 0.250. The molecule has 0 aliphatic carbocycles. The van der Waals surface area contributed by atoms with Crippen molar-refractivity contribution in [1.82, 2.24) is 4.72 Å². The summed E-state index contributed by atoms with van der Waals surface area (Å²) in [5.41, 5.74) is -0.667. The van der Waals surface area contributed by atoms with Crippen molar-refractivity contribution < 1.29 is 39.5 Å². The number of ether oxygens (including phenoxy) is 1. The first-order valence-electron chi connectivity index (χ1n) is 7.39. The molecule has 0 amide bonds. The minimum atomic E-state index is -5.08. The Morgan fingerprint density at radius 1 is 0.926 bits per heavy atom. The number of alkyl halides is 6. The molecule has 11 heteroatoms. The molecule has 0 saturated carbocycles. The lowest BCUT2D eigenvalue weighted by molar-refractivity contribution is -0.275. The van der Waals surface area contributed by atoms with Crippen molar-refractivity contribution in [3.63, 3.8) is 0 Å². The van der Waals surface area contributed by atoms with E-state index in [1.165, 1.54) is 24.3 Å². The molecule has 0 atom stereocenters. The van der Waals surface area contributed by atoms with Crippen molar-refractivity contribution >= 4 is 10.0 Å². The highest BCUT2D eigenvalue weighted by Crippen LogP contribution is 2.30. The SMILES string of the molecule is O=S(=O)(NCCc1cccc(C(F)(F)F)c1)c1ccccc1OC(F)(F)F. The van der Waals surface area contributed by atoms with Gasteiger partial charge in [-0.2, -0.15) is 13.2 Å². The van der Waals surface area contributed by atoms with Crippen molar-refractivity contribution in [2.45, 2.75) is 23.9 Å². The number of rotatable bonds is 6. The molecule has 0 fully saturated rings. The molecule has 0 aliphatic rings. The summed E-state index contributed by atoms with van der Waals surface area (Å²) >= 11 is 0. The van der Waals surface area contributed by atoms with Crippen LogP contribution in [0, 0.1) is 0 Å². The standard InChI is InChI=1S/C16H13F6NO3S/c17-15(18,19)12-5-3-4-11(10-12)8-9-23-27(24,25)14-7-2-1-6-13(14)26-16(20,21)22/h1-7,10,23H,8-9H2. The summed E-state index contributed by atoms with van der Waals surface area (Å²) < 4.78 is 105. The Bertz CT molecular complexity index is 894. The van der Waals surface area contributed by atoms with Crippen LogP contribution < -0.4 is 9.46 Å². The topological polar surface area (TPSA) is 55.4 Å². The van der Waals surface area contributed by atoms with Crippen molar-refractivity contribution in [2.75, 3.05) is 6.54 Å². The summed E-state index contributed by atoms with van der Waals surface area (Å²) in [6, 6.07) is 8.45. The Morgan fingerprint density at radius 2 is 1.59 bits per heavy atom. The van der Waals surface area contributed by atoms with E-state index in [1.807, 2.05) is 0 Å². The van der Waals surface area contributed by atoms with E-state index >= 15 is 0 Å². The van der Waals surface area contributed by atoms with Crippen LogP contribution in [-0.4, -0.2) is 21.3 Å². The van der Waals surface area contributed by atoms with Crippen molar-refractivity contribution in [3.8, 4) is 5.75 Å². The number of nitrogens with one attached hydrogen (secondary N) is 1. The maximum atomic E-state index is 12.7. The summed E-state index contributed by atoms with van der Waals surface area (Å²) in [6.45, 7) is -0.315. The van der Waals surface area contributed by atoms with Crippen molar-refractivity contribution in [3.05, 3.63) is 59.7 Å². The second-order valence-electron chi connectivity index (χ2n) is 5.34. The quantitative estimate of drug-likeness (QED) is 0.725. The maximum Gasteiger partial charge on any atom is 0.573 e. The second kappa shape index (κ2) is 7.77. The van der Waals surface area contributed by atoms with Gasteiger partial charge in [-0.3, -0.25) is 0 Å². The van der Waals surface area contributed by atoms with Crippen LogP contribution in [0.3, 0.4) is 0 Å². The first kappa shape index (κ1) is 21.0. The number of halogens is 6. The minimum absolute atomic E-state index is 0.0918. The van der Waals surface area contributed by atoms with Crippen LogP contribution in [0.25, 0.3) is 0 Å². The summed E-state index contributed by atoms with van der Waals surface area (Å²) in [4.78, 5) is -0.730. The van der Waals surface area contributed by atoms with Crippen LogP contribution in [0.15, 0.2) is 53.4 Å². The molecule has 4 nitrogen and oxygen atoms in total. The lowest BCUT2D eigenvalue weighted by Crippen LogP contribution is -2.27. The lowest BCUT2D eigenvalue weighted by Gasteiger charge is -2.14. The van der Waals surface area contributed by atoms with E-state index in [0.29, 0.717) is 0 Å². The van der Waals surface area contributed by atoms with Gasteiger partial charge in [-0.1, -0.05) is 30.3 Å². The highest BCUT2D eigenvalue weighted by atomic mass is 32.2. The first-order chi connectivity index (χ1) is 12.4. The summed E-state index contributed by atoms with van der Waals surface area (Å²) in [5.74, 6) is -0.906. The second-order valence-corrected chi connectivity index (χ2v) is 7.08. The summed E-state index contributed by atoms with van der Waals surface area (Å²) in [7, 11) is -4.37. The monoisotopic (exact) mass is 413 g/mol. The third-order valence-electron chi connectivity index (χ3n) is 3.32. The average molecular weight is 413 g/mol. The largest absolute Gasteiger partial charge is 0.573 e. The van der Waals surface area contributed by atoms with E-state index in [1.54, 1.807) is 0 Å². The minimum Gasteiger partial charge on any atom is -0.404 e.